The first-order chi connectivity index (χ1) is 15.8. The number of carboxylic acids is 1. The van der Waals surface area contributed by atoms with Gasteiger partial charge in [0, 0.05) is 32.1 Å². The molecule has 4 rings (SSSR count). The minimum Gasteiger partial charge on any atom is -0.481 e. The number of benzene rings is 3. The monoisotopic (exact) mass is 446 g/mol. The van der Waals surface area contributed by atoms with Gasteiger partial charge in [0.2, 0.25) is 0 Å². The Labute approximate surface area is 194 Å². The number of nitrogens with two attached hydrogens (primary N) is 2. The van der Waals surface area contributed by atoms with Gasteiger partial charge in [-0.1, -0.05) is 48.5 Å². The van der Waals surface area contributed by atoms with E-state index >= 15 is 0 Å². The molecule has 0 aromatic heterocycles. The highest BCUT2D eigenvalue weighted by Gasteiger charge is 2.21. The van der Waals surface area contributed by atoms with Crippen LogP contribution < -0.4 is 16.6 Å². The third kappa shape index (κ3) is 6.57. The van der Waals surface area contributed by atoms with E-state index in [1.54, 1.807) is 7.05 Å². The van der Waals surface area contributed by atoms with Crippen LogP contribution >= 0.6 is 0 Å². The van der Waals surface area contributed by atoms with Crippen LogP contribution in [0, 0.1) is 0 Å². The Morgan fingerprint density at radius 3 is 2.33 bits per heavy atom. The van der Waals surface area contributed by atoms with E-state index in [4.69, 9.17) is 16.7 Å². The number of hydrogen-bond donors (Lipinski definition) is 3. The standard InChI is InChI=1S/C19H19NO3.C7H11N3/c21-18(22)9-7-14-6-8-15-10-11-20(13-17(15)12-14)19(23)16-4-2-1-3-5-16;1-10(9)7-5-3-2-4-6(7)8/h1-6,8,12H,7,9-11,13H2,(H,21,22);2-5H,8-9H2,1H3. The number of aliphatic carboxylic acids is 1. The van der Waals surface area contributed by atoms with Crippen molar-refractivity contribution in [3.05, 3.63) is 95.1 Å². The van der Waals surface area contributed by atoms with Gasteiger partial charge in [-0.3, -0.25) is 9.59 Å². The number of carbonyl (C=O) groups excluding carboxylic acids is 1. The van der Waals surface area contributed by atoms with Gasteiger partial charge < -0.3 is 20.7 Å². The van der Waals surface area contributed by atoms with Gasteiger partial charge in [-0.25, -0.2) is 5.84 Å². The van der Waals surface area contributed by atoms with Gasteiger partial charge in [0.15, 0.2) is 0 Å². The molecule has 1 aliphatic heterocycles. The van der Waals surface area contributed by atoms with E-state index in [2.05, 4.69) is 6.07 Å². The maximum atomic E-state index is 12.6. The molecule has 3 aromatic rings. The number of hydrazine groups is 1. The number of aryl methyl sites for hydroxylation is 1. The highest BCUT2D eigenvalue weighted by atomic mass is 16.4. The Hall–Kier alpha value is -3.84. The number of fused-ring (bicyclic) bond motifs is 1. The lowest BCUT2D eigenvalue weighted by molar-refractivity contribution is -0.136. The minimum absolute atomic E-state index is 0.0483. The summed E-state index contributed by atoms with van der Waals surface area (Å²) in [5.74, 6) is 4.73. The molecule has 0 unspecified atom stereocenters. The lowest BCUT2D eigenvalue weighted by atomic mass is 9.95. The van der Waals surface area contributed by atoms with E-state index in [9.17, 15) is 9.59 Å². The fourth-order valence-electron chi connectivity index (χ4n) is 3.76. The van der Waals surface area contributed by atoms with E-state index in [1.165, 1.54) is 10.6 Å². The molecular formula is C26H30N4O3. The van der Waals surface area contributed by atoms with Crippen molar-refractivity contribution in [2.24, 2.45) is 5.84 Å². The van der Waals surface area contributed by atoms with E-state index in [0.717, 1.165) is 29.8 Å². The Kier molecular flexibility index (Phi) is 8.05. The quantitative estimate of drug-likeness (QED) is 0.314. The highest BCUT2D eigenvalue weighted by molar-refractivity contribution is 5.94. The molecule has 7 heteroatoms. The molecule has 33 heavy (non-hydrogen) atoms. The Morgan fingerprint density at radius 2 is 1.70 bits per heavy atom. The van der Waals surface area contributed by atoms with Crippen LogP contribution in [0.2, 0.25) is 0 Å². The molecule has 0 atom stereocenters. The molecule has 0 radical (unpaired) electrons. The number of carbonyl (C=O) groups is 2. The second-order valence-electron chi connectivity index (χ2n) is 8.01. The number of carboxylic acid groups (broad SMARTS) is 1. The number of nitrogens with zero attached hydrogens (tertiary/aromatic N) is 2. The summed E-state index contributed by atoms with van der Waals surface area (Å²) in [6.07, 6.45) is 1.49. The number of amides is 1. The van der Waals surface area contributed by atoms with Crippen LogP contribution in [0.4, 0.5) is 11.4 Å². The number of nitrogen functional groups attached to an aromatic ring is 1. The van der Waals surface area contributed by atoms with Crippen LogP contribution in [0.15, 0.2) is 72.8 Å². The predicted molar refractivity (Wildman–Crippen MR) is 131 cm³/mol. The fraction of sp³-hybridized carbons (Fsp3) is 0.231. The largest absolute Gasteiger partial charge is 0.481 e. The van der Waals surface area contributed by atoms with Crippen molar-refractivity contribution in [1.29, 1.82) is 0 Å². The van der Waals surface area contributed by atoms with E-state index < -0.39 is 5.97 Å². The van der Waals surface area contributed by atoms with E-state index in [1.807, 2.05) is 71.6 Å². The van der Waals surface area contributed by atoms with Crippen LogP contribution in [-0.2, 0) is 24.2 Å². The molecule has 3 aromatic carbocycles. The molecule has 5 N–H and O–H groups in total. The topological polar surface area (TPSA) is 113 Å². The zero-order valence-corrected chi connectivity index (χ0v) is 18.8. The van der Waals surface area contributed by atoms with Crippen LogP contribution in [-0.4, -0.2) is 35.5 Å². The Bertz CT molecular complexity index is 1100. The smallest absolute Gasteiger partial charge is 0.303 e. The first-order valence-corrected chi connectivity index (χ1v) is 10.8. The molecule has 1 aliphatic rings. The molecule has 7 nitrogen and oxygen atoms in total. The van der Waals surface area contributed by atoms with Crippen molar-refractivity contribution in [3.63, 3.8) is 0 Å². The van der Waals surface area contributed by atoms with Crippen LogP contribution in [0.3, 0.4) is 0 Å². The van der Waals surface area contributed by atoms with Gasteiger partial charge in [0.25, 0.3) is 5.91 Å². The summed E-state index contributed by atoms with van der Waals surface area (Å²) in [6, 6.07) is 22.9. The van der Waals surface area contributed by atoms with E-state index in [-0.39, 0.29) is 12.3 Å². The fourth-order valence-corrected chi connectivity index (χ4v) is 3.76. The van der Waals surface area contributed by atoms with E-state index in [0.29, 0.717) is 24.2 Å². The second kappa shape index (κ2) is 11.2. The summed E-state index contributed by atoms with van der Waals surface area (Å²) in [6.45, 7) is 1.30. The van der Waals surface area contributed by atoms with Crippen molar-refractivity contribution < 1.29 is 14.7 Å². The molecule has 0 fully saturated rings. The third-order valence-corrected chi connectivity index (χ3v) is 5.54. The molecule has 0 saturated heterocycles. The summed E-state index contributed by atoms with van der Waals surface area (Å²) >= 11 is 0. The maximum Gasteiger partial charge on any atom is 0.303 e. The number of rotatable bonds is 5. The summed E-state index contributed by atoms with van der Waals surface area (Å²) in [5.41, 5.74) is 11.3. The molecule has 0 bridgehead atoms. The SMILES string of the molecule is CN(N)c1ccccc1N.O=C(O)CCc1ccc2c(c1)CN(C(=O)c1ccccc1)CC2. The highest BCUT2D eigenvalue weighted by Crippen LogP contribution is 2.22. The third-order valence-electron chi connectivity index (χ3n) is 5.54. The van der Waals surface area contributed by atoms with Crippen molar-refractivity contribution in [2.75, 3.05) is 24.3 Å². The lowest BCUT2D eigenvalue weighted by Crippen LogP contribution is -2.36. The van der Waals surface area contributed by atoms with Gasteiger partial charge in [0.1, 0.15) is 0 Å². The minimum atomic E-state index is -0.788. The average Bonchev–Trinajstić information content (AvgIpc) is 2.83. The summed E-state index contributed by atoms with van der Waals surface area (Å²) in [7, 11) is 1.76. The molecule has 0 saturated carbocycles. The van der Waals surface area contributed by atoms with Crippen molar-refractivity contribution in [2.45, 2.75) is 25.8 Å². The zero-order valence-electron chi connectivity index (χ0n) is 18.8. The van der Waals surface area contributed by atoms with Crippen LogP contribution in [0.5, 0.6) is 0 Å². The summed E-state index contributed by atoms with van der Waals surface area (Å²) < 4.78 is 0. The second-order valence-corrected chi connectivity index (χ2v) is 8.01. The first-order valence-electron chi connectivity index (χ1n) is 10.8. The number of para-hydroxylation sites is 2. The Morgan fingerprint density at radius 1 is 1.00 bits per heavy atom. The predicted octanol–water partition coefficient (Wildman–Crippen LogP) is 3.48. The normalized spacial score (nSPS) is 12.2. The molecule has 0 spiro atoms. The van der Waals surface area contributed by atoms with Crippen molar-refractivity contribution >= 4 is 23.3 Å². The first kappa shape index (κ1) is 23.8. The van der Waals surface area contributed by atoms with Gasteiger partial charge in [-0.2, -0.15) is 0 Å². The summed E-state index contributed by atoms with van der Waals surface area (Å²) in [4.78, 5) is 25.1. The van der Waals surface area contributed by atoms with Gasteiger partial charge in [-0.15, -0.1) is 0 Å². The number of hydrogen-bond acceptors (Lipinski definition) is 5. The van der Waals surface area contributed by atoms with Crippen LogP contribution in [0.1, 0.15) is 33.5 Å². The number of anilines is 2. The molecule has 1 heterocycles. The molecular weight excluding hydrogens is 416 g/mol. The summed E-state index contributed by atoms with van der Waals surface area (Å²) in [5, 5.41) is 10.3. The van der Waals surface area contributed by atoms with Gasteiger partial charge >= 0.3 is 5.97 Å². The van der Waals surface area contributed by atoms with Gasteiger partial charge in [0.05, 0.1) is 11.4 Å². The van der Waals surface area contributed by atoms with Crippen molar-refractivity contribution in [3.8, 4) is 0 Å². The Balaban J connectivity index is 0.000000257. The zero-order chi connectivity index (χ0) is 23.8. The van der Waals surface area contributed by atoms with Crippen LogP contribution in [0.25, 0.3) is 0 Å². The van der Waals surface area contributed by atoms with Crippen molar-refractivity contribution in [1.82, 2.24) is 4.90 Å². The molecule has 0 aliphatic carbocycles. The average molecular weight is 447 g/mol. The van der Waals surface area contributed by atoms with Gasteiger partial charge in [-0.05, 0) is 53.8 Å². The lowest BCUT2D eigenvalue weighted by Gasteiger charge is -2.29. The maximum absolute atomic E-state index is 12.6. The molecule has 172 valence electrons. The molecule has 1 amide bonds.